The monoisotopic (exact) mass is 342 g/mol. The van der Waals surface area contributed by atoms with E-state index in [0.29, 0.717) is 18.0 Å². The van der Waals surface area contributed by atoms with E-state index in [1.165, 1.54) is 24.9 Å². The first-order chi connectivity index (χ1) is 12.3. The molecule has 3 aliphatic heterocycles. The number of hydrogen-bond donors (Lipinski definition) is 2. The molecule has 136 valence electrons. The first-order valence-electron chi connectivity index (χ1n) is 9.91. The molecule has 0 radical (unpaired) electrons. The zero-order valence-electron chi connectivity index (χ0n) is 15.2. The summed E-state index contributed by atoms with van der Waals surface area (Å²) in [6.07, 6.45) is 6.02. The van der Waals surface area contributed by atoms with Gasteiger partial charge in [-0.25, -0.2) is 0 Å². The second-order valence-electron chi connectivity index (χ2n) is 7.71. The number of carbonyl (C=O) groups is 1. The van der Waals surface area contributed by atoms with E-state index in [1.54, 1.807) is 0 Å². The maximum Gasteiger partial charge on any atom is 0.253 e. The minimum atomic E-state index is 0.186. The van der Waals surface area contributed by atoms with Crippen LogP contribution >= 0.6 is 0 Å². The lowest BCUT2D eigenvalue weighted by molar-refractivity contribution is 0.0652. The maximum absolute atomic E-state index is 12.9. The normalized spacial score (nSPS) is 29.6. The fourth-order valence-corrected chi connectivity index (χ4v) is 4.63. The van der Waals surface area contributed by atoms with Gasteiger partial charge in [-0.1, -0.05) is 6.92 Å². The highest BCUT2D eigenvalue weighted by atomic mass is 16.2. The third-order valence-electron chi connectivity index (χ3n) is 6.19. The minimum Gasteiger partial charge on any atom is -0.372 e. The zero-order chi connectivity index (χ0) is 17.2. The fraction of sp³-hybridized carbons (Fsp3) is 0.650. The molecule has 0 aromatic heterocycles. The molecule has 2 N–H and O–H groups in total. The average Bonchev–Trinajstić information content (AvgIpc) is 3.10. The van der Waals surface area contributed by atoms with Gasteiger partial charge in [0, 0.05) is 55.4 Å². The van der Waals surface area contributed by atoms with Crippen molar-refractivity contribution < 1.29 is 4.79 Å². The number of hydrogen-bond acceptors (Lipinski definition) is 4. The van der Waals surface area contributed by atoms with Crippen molar-refractivity contribution in [3.8, 4) is 0 Å². The molecule has 5 heteroatoms. The number of piperidine rings is 2. The summed E-state index contributed by atoms with van der Waals surface area (Å²) in [6, 6.07) is 9.26. The van der Waals surface area contributed by atoms with Gasteiger partial charge in [0.2, 0.25) is 0 Å². The predicted molar refractivity (Wildman–Crippen MR) is 101 cm³/mol. The largest absolute Gasteiger partial charge is 0.372 e. The highest BCUT2D eigenvalue weighted by molar-refractivity contribution is 5.94. The minimum absolute atomic E-state index is 0.186. The molecule has 1 amide bonds. The number of likely N-dealkylation sites (tertiary alicyclic amines) is 1. The third-order valence-corrected chi connectivity index (χ3v) is 6.19. The van der Waals surface area contributed by atoms with Crippen molar-refractivity contribution in [3.05, 3.63) is 29.8 Å². The molecule has 5 nitrogen and oxygen atoms in total. The van der Waals surface area contributed by atoms with Crippen LogP contribution in [0, 0.1) is 5.92 Å². The van der Waals surface area contributed by atoms with Crippen LogP contribution in [0.2, 0.25) is 0 Å². The highest BCUT2D eigenvalue weighted by Crippen LogP contribution is 2.27. The third kappa shape index (κ3) is 3.40. The van der Waals surface area contributed by atoms with Gasteiger partial charge >= 0.3 is 0 Å². The topological polar surface area (TPSA) is 47.6 Å². The van der Waals surface area contributed by atoms with Crippen LogP contribution in [0.4, 0.5) is 5.69 Å². The number of amides is 1. The van der Waals surface area contributed by atoms with Gasteiger partial charge in [-0.05, 0) is 56.4 Å². The zero-order valence-corrected chi connectivity index (χ0v) is 15.2. The number of carbonyl (C=O) groups excluding carboxylic acids is 1. The summed E-state index contributed by atoms with van der Waals surface area (Å²) in [5.41, 5.74) is 8.89. The van der Waals surface area contributed by atoms with Gasteiger partial charge in [-0.3, -0.25) is 15.6 Å². The Morgan fingerprint density at radius 2 is 1.84 bits per heavy atom. The molecule has 3 aliphatic rings. The second-order valence-corrected chi connectivity index (χ2v) is 7.71. The Hall–Kier alpha value is -1.59. The lowest BCUT2D eigenvalue weighted by atomic mass is 9.87. The first kappa shape index (κ1) is 16.9. The number of hydrazine groups is 1. The fourth-order valence-electron chi connectivity index (χ4n) is 4.63. The molecular weight excluding hydrogens is 312 g/mol. The van der Waals surface area contributed by atoms with E-state index in [4.69, 9.17) is 0 Å². The number of nitrogens with one attached hydrogen (secondary N) is 2. The van der Waals surface area contributed by atoms with Crippen LogP contribution in [-0.4, -0.2) is 49.1 Å². The summed E-state index contributed by atoms with van der Waals surface area (Å²) < 4.78 is 0. The summed E-state index contributed by atoms with van der Waals surface area (Å²) in [4.78, 5) is 17.4. The molecule has 25 heavy (non-hydrogen) atoms. The molecule has 3 atom stereocenters. The van der Waals surface area contributed by atoms with Crippen molar-refractivity contribution in [1.29, 1.82) is 0 Å². The molecule has 0 saturated carbocycles. The molecule has 4 rings (SSSR count). The average molecular weight is 342 g/mol. The van der Waals surface area contributed by atoms with Crippen LogP contribution < -0.4 is 15.8 Å². The second kappa shape index (κ2) is 7.34. The number of anilines is 1. The Morgan fingerprint density at radius 3 is 2.56 bits per heavy atom. The van der Waals surface area contributed by atoms with E-state index in [1.807, 2.05) is 12.1 Å². The van der Waals surface area contributed by atoms with Crippen LogP contribution in [0.25, 0.3) is 0 Å². The molecule has 1 aromatic carbocycles. The summed E-state index contributed by atoms with van der Waals surface area (Å²) >= 11 is 0. The van der Waals surface area contributed by atoms with Crippen molar-refractivity contribution >= 4 is 11.6 Å². The molecule has 3 saturated heterocycles. The number of rotatable bonds is 3. The molecular formula is C20H30N4O. The standard InChI is InChI=1S/C20H30N4O/c1-2-18-17-14-24(13-10-19(17)22-21-18)20(25)15-6-8-16(9-7-15)23-11-4-3-5-12-23/h6-9,17-19,21-22H,2-5,10-14H2,1H3. The number of nitrogens with zero attached hydrogens (tertiary/aromatic N) is 2. The van der Waals surface area contributed by atoms with Crippen molar-refractivity contribution in [2.75, 3.05) is 31.1 Å². The van der Waals surface area contributed by atoms with Gasteiger partial charge in [0.1, 0.15) is 0 Å². The van der Waals surface area contributed by atoms with Crippen LogP contribution in [0.1, 0.15) is 49.4 Å². The van der Waals surface area contributed by atoms with E-state index in [-0.39, 0.29) is 5.91 Å². The quantitative estimate of drug-likeness (QED) is 0.885. The summed E-state index contributed by atoms with van der Waals surface area (Å²) in [7, 11) is 0. The summed E-state index contributed by atoms with van der Waals surface area (Å²) in [5, 5.41) is 0. The lowest BCUT2D eigenvalue weighted by Gasteiger charge is -2.36. The number of benzene rings is 1. The Morgan fingerprint density at radius 1 is 1.08 bits per heavy atom. The van der Waals surface area contributed by atoms with E-state index in [2.05, 4.69) is 39.7 Å². The van der Waals surface area contributed by atoms with E-state index >= 15 is 0 Å². The van der Waals surface area contributed by atoms with Crippen LogP contribution in [0.3, 0.4) is 0 Å². The maximum atomic E-state index is 12.9. The molecule has 3 heterocycles. The van der Waals surface area contributed by atoms with E-state index in [9.17, 15) is 4.79 Å². The SMILES string of the molecule is CCC1NNC2CCN(C(=O)c3ccc(N4CCCCC4)cc3)CC12. The van der Waals surface area contributed by atoms with E-state index < -0.39 is 0 Å². The van der Waals surface area contributed by atoms with Crippen molar-refractivity contribution in [3.63, 3.8) is 0 Å². The number of fused-ring (bicyclic) bond motifs is 1. The van der Waals surface area contributed by atoms with E-state index in [0.717, 1.165) is 44.6 Å². The van der Waals surface area contributed by atoms with Gasteiger partial charge in [0.15, 0.2) is 0 Å². The Bertz CT molecular complexity index is 590. The Labute approximate surface area is 150 Å². The molecule has 0 aliphatic carbocycles. The van der Waals surface area contributed by atoms with Gasteiger partial charge in [0.05, 0.1) is 0 Å². The van der Waals surface area contributed by atoms with Gasteiger partial charge in [-0.15, -0.1) is 0 Å². The first-order valence-corrected chi connectivity index (χ1v) is 9.91. The van der Waals surface area contributed by atoms with Crippen LogP contribution in [-0.2, 0) is 0 Å². The molecule has 3 unspecified atom stereocenters. The van der Waals surface area contributed by atoms with Crippen molar-refractivity contribution in [2.45, 2.75) is 51.1 Å². The van der Waals surface area contributed by atoms with Crippen LogP contribution in [0.5, 0.6) is 0 Å². The Balaban J connectivity index is 1.42. The molecule has 1 aromatic rings. The Kier molecular flexibility index (Phi) is 4.95. The summed E-state index contributed by atoms with van der Waals surface area (Å²) in [5.74, 6) is 0.709. The highest BCUT2D eigenvalue weighted by Gasteiger charge is 2.40. The van der Waals surface area contributed by atoms with Gasteiger partial charge in [0.25, 0.3) is 5.91 Å². The summed E-state index contributed by atoms with van der Waals surface area (Å²) in [6.45, 7) is 6.19. The molecule has 3 fully saturated rings. The molecule has 0 bridgehead atoms. The lowest BCUT2D eigenvalue weighted by Crippen LogP contribution is -2.48. The van der Waals surface area contributed by atoms with Crippen LogP contribution in [0.15, 0.2) is 24.3 Å². The van der Waals surface area contributed by atoms with Crippen molar-refractivity contribution in [2.24, 2.45) is 5.92 Å². The smallest absolute Gasteiger partial charge is 0.253 e. The van der Waals surface area contributed by atoms with Gasteiger partial charge in [-0.2, -0.15) is 0 Å². The van der Waals surface area contributed by atoms with Gasteiger partial charge < -0.3 is 9.80 Å². The molecule has 0 spiro atoms. The predicted octanol–water partition coefficient (Wildman–Crippen LogP) is 2.39. The van der Waals surface area contributed by atoms with Crippen molar-refractivity contribution in [1.82, 2.24) is 15.8 Å².